The molecular weight excluding hydrogens is 222 g/mol. The quantitative estimate of drug-likeness (QED) is 0.807. The summed E-state index contributed by atoms with van der Waals surface area (Å²) < 4.78 is 9.94. The van der Waals surface area contributed by atoms with Gasteiger partial charge in [-0.25, -0.2) is 14.8 Å². The molecule has 0 saturated carbocycles. The minimum absolute atomic E-state index is 0.0739. The van der Waals surface area contributed by atoms with Gasteiger partial charge in [-0.2, -0.15) is 0 Å². The predicted octanol–water partition coefficient (Wildman–Crippen LogP) is 1.50. The fraction of sp³-hybridized carbons (Fsp3) is 0.182. The monoisotopic (exact) mass is 233 g/mol. The largest absolute Gasteiger partial charge is 0.462 e. The fourth-order valence-corrected chi connectivity index (χ4v) is 1.29. The summed E-state index contributed by atoms with van der Waals surface area (Å²) in [7, 11) is 0. The normalized spacial score (nSPS) is 10.2. The Morgan fingerprint density at radius 1 is 1.59 bits per heavy atom. The van der Waals surface area contributed by atoms with Crippen molar-refractivity contribution in [1.82, 2.24) is 9.97 Å². The molecule has 0 saturated heterocycles. The van der Waals surface area contributed by atoms with Gasteiger partial charge < -0.3 is 14.9 Å². The second-order valence-corrected chi connectivity index (χ2v) is 3.19. The second kappa shape index (κ2) is 4.65. The zero-order chi connectivity index (χ0) is 12.3. The number of rotatable bonds is 3. The number of aromatic nitrogens is 2. The molecule has 0 aromatic carbocycles. The van der Waals surface area contributed by atoms with E-state index in [0.717, 1.165) is 0 Å². The number of anilines is 1. The lowest BCUT2D eigenvalue weighted by Gasteiger charge is -2.04. The van der Waals surface area contributed by atoms with Crippen LogP contribution in [0.4, 0.5) is 5.82 Å². The van der Waals surface area contributed by atoms with E-state index in [1.165, 1.54) is 12.5 Å². The number of ether oxygens (including phenoxy) is 1. The summed E-state index contributed by atoms with van der Waals surface area (Å²) in [6.07, 6.45) is 2.84. The molecule has 6 nitrogen and oxygen atoms in total. The van der Waals surface area contributed by atoms with Gasteiger partial charge in [-0.15, -0.1) is 0 Å². The summed E-state index contributed by atoms with van der Waals surface area (Å²) in [4.78, 5) is 19.4. The van der Waals surface area contributed by atoms with Gasteiger partial charge in [0.1, 0.15) is 11.4 Å². The van der Waals surface area contributed by atoms with Crippen LogP contribution in [0.15, 0.2) is 29.0 Å². The van der Waals surface area contributed by atoms with Gasteiger partial charge in [0.15, 0.2) is 11.6 Å². The maximum Gasteiger partial charge on any atom is 0.343 e. The lowest BCUT2D eigenvalue weighted by molar-refractivity contribution is 0.0527. The fourth-order valence-electron chi connectivity index (χ4n) is 1.29. The van der Waals surface area contributed by atoms with E-state index in [1.807, 2.05) is 0 Å². The zero-order valence-corrected chi connectivity index (χ0v) is 9.21. The number of nitrogens with two attached hydrogens (primary N) is 1. The molecule has 0 aliphatic heterocycles. The average Bonchev–Trinajstić information content (AvgIpc) is 2.82. The molecule has 17 heavy (non-hydrogen) atoms. The summed E-state index contributed by atoms with van der Waals surface area (Å²) in [5.74, 6) is 0.369. The highest BCUT2D eigenvalue weighted by molar-refractivity contribution is 5.93. The molecule has 2 aromatic heterocycles. The maximum atomic E-state index is 11.5. The number of carbonyl (C=O) groups excluding carboxylic acids is 1. The Kier molecular flexibility index (Phi) is 3.04. The van der Waals surface area contributed by atoms with Gasteiger partial charge in [-0.05, 0) is 19.1 Å². The van der Waals surface area contributed by atoms with Crippen LogP contribution in [0.5, 0.6) is 0 Å². The molecule has 6 heteroatoms. The van der Waals surface area contributed by atoms with Crippen molar-refractivity contribution in [2.45, 2.75) is 6.92 Å². The van der Waals surface area contributed by atoms with Crippen LogP contribution in [0.2, 0.25) is 0 Å². The van der Waals surface area contributed by atoms with Crippen LogP contribution in [0.3, 0.4) is 0 Å². The molecule has 0 atom stereocenters. The van der Waals surface area contributed by atoms with E-state index in [2.05, 4.69) is 9.97 Å². The van der Waals surface area contributed by atoms with E-state index < -0.39 is 5.97 Å². The van der Waals surface area contributed by atoms with Crippen molar-refractivity contribution in [3.63, 3.8) is 0 Å². The molecule has 2 aromatic rings. The average molecular weight is 233 g/mol. The van der Waals surface area contributed by atoms with Crippen LogP contribution in [0, 0.1) is 0 Å². The minimum Gasteiger partial charge on any atom is -0.462 e. The highest BCUT2D eigenvalue weighted by Gasteiger charge is 2.14. The standard InChI is InChI=1S/C11H11N3O3/c1-2-16-11(15)7-6-13-10(14-9(7)12)8-4-3-5-17-8/h3-6H,2H2,1H3,(H2,12,13,14). The van der Waals surface area contributed by atoms with Gasteiger partial charge in [-0.3, -0.25) is 0 Å². The first-order valence-electron chi connectivity index (χ1n) is 5.06. The highest BCUT2D eigenvalue weighted by Crippen LogP contribution is 2.18. The van der Waals surface area contributed by atoms with Crippen LogP contribution in [-0.2, 0) is 4.74 Å². The number of hydrogen-bond acceptors (Lipinski definition) is 6. The second-order valence-electron chi connectivity index (χ2n) is 3.19. The first-order chi connectivity index (χ1) is 8.22. The molecule has 0 amide bonds. The van der Waals surface area contributed by atoms with E-state index in [0.29, 0.717) is 11.6 Å². The van der Waals surface area contributed by atoms with Crippen LogP contribution in [0.1, 0.15) is 17.3 Å². The summed E-state index contributed by atoms with van der Waals surface area (Å²) in [5, 5.41) is 0. The van der Waals surface area contributed by atoms with Crippen molar-refractivity contribution in [3.8, 4) is 11.6 Å². The predicted molar refractivity (Wildman–Crippen MR) is 60.1 cm³/mol. The number of carbonyl (C=O) groups is 1. The van der Waals surface area contributed by atoms with Crippen molar-refractivity contribution in [3.05, 3.63) is 30.2 Å². The Hall–Kier alpha value is -2.37. The molecule has 2 rings (SSSR count). The van der Waals surface area contributed by atoms with E-state index in [9.17, 15) is 4.79 Å². The van der Waals surface area contributed by atoms with Crippen molar-refractivity contribution < 1.29 is 13.9 Å². The minimum atomic E-state index is -0.531. The molecular formula is C11H11N3O3. The molecule has 0 aliphatic carbocycles. The topological polar surface area (TPSA) is 91.2 Å². The van der Waals surface area contributed by atoms with Crippen molar-refractivity contribution in [1.29, 1.82) is 0 Å². The molecule has 0 spiro atoms. The van der Waals surface area contributed by atoms with Gasteiger partial charge in [0, 0.05) is 6.20 Å². The van der Waals surface area contributed by atoms with Gasteiger partial charge in [-0.1, -0.05) is 0 Å². The van der Waals surface area contributed by atoms with Crippen LogP contribution < -0.4 is 5.73 Å². The third kappa shape index (κ3) is 2.25. The summed E-state index contributed by atoms with van der Waals surface area (Å²) >= 11 is 0. The van der Waals surface area contributed by atoms with E-state index in [-0.39, 0.29) is 18.0 Å². The molecule has 0 unspecified atom stereocenters. The first kappa shape index (κ1) is 11.1. The van der Waals surface area contributed by atoms with Gasteiger partial charge >= 0.3 is 5.97 Å². The Morgan fingerprint density at radius 3 is 3.00 bits per heavy atom. The SMILES string of the molecule is CCOC(=O)c1cnc(-c2ccco2)nc1N. The van der Waals surface area contributed by atoms with Gasteiger partial charge in [0.05, 0.1) is 12.9 Å². The molecule has 0 radical (unpaired) electrons. The molecule has 0 aliphatic rings. The number of esters is 1. The van der Waals surface area contributed by atoms with Crippen LogP contribution >= 0.6 is 0 Å². The number of hydrogen-bond donors (Lipinski definition) is 1. The lowest BCUT2D eigenvalue weighted by Crippen LogP contribution is -2.10. The maximum absolute atomic E-state index is 11.5. The molecule has 2 heterocycles. The third-order valence-electron chi connectivity index (χ3n) is 2.06. The molecule has 0 bridgehead atoms. The van der Waals surface area contributed by atoms with Gasteiger partial charge in [0.2, 0.25) is 0 Å². The first-order valence-corrected chi connectivity index (χ1v) is 5.06. The Bertz CT molecular complexity index is 523. The van der Waals surface area contributed by atoms with E-state index in [1.54, 1.807) is 19.1 Å². The smallest absolute Gasteiger partial charge is 0.343 e. The highest BCUT2D eigenvalue weighted by atomic mass is 16.5. The third-order valence-corrected chi connectivity index (χ3v) is 2.06. The van der Waals surface area contributed by atoms with Crippen molar-refractivity contribution in [2.75, 3.05) is 12.3 Å². The molecule has 0 fully saturated rings. The van der Waals surface area contributed by atoms with Crippen molar-refractivity contribution >= 4 is 11.8 Å². The summed E-state index contributed by atoms with van der Waals surface area (Å²) in [6, 6.07) is 3.42. The zero-order valence-electron chi connectivity index (χ0n) is 9.21. The number of furan rings is 1. The van der Waals surface area contributed by atoms with E-state index >= 15 is 0 Å². The Morgan fingerprint density at radius 2 is 2.41 bits per heavy atom. The lowest BCUT2D eigenvalue weighted by atomic mass is 10.3. The van der Waals surface area contributed by atoms with Gasteiger partial charge in [0.25, 0.3) is 0 Å². The van der Waals surface area contributed by atoms with E-state index in [4.69, 9.17) is 14.9 Å². The number of nitrogens with zero attached hydrogens (tertiary/aromatic N) is 2. The molecule has 2 N–H and O–H groups in total. The Balaban J connectivity index is 2.32. The van der Waals surface area contributed by atoms with Crippen molar-refractivity contribution in [2.24, 2.45) is 0 Å². The Labute approximate surface area is 97.4 Å². The van der Waals surface area contributed by atoms with Crippen LogP contribution in [-0.4, -0.2) is 22.5 Å². The summed E-state index contributed by atoms with van der Waals surface area (Å²) in [6.45, 7) is 1.99. The summed E-state index contributed by atoms with van der Waals surface area (Å²) in [5.41, 5.74) is 5.82. The number of nitrogen functional groups attached to an aromatic ring is 1. The van der Waals surface area contributed by atoms with Crippen LogP contribution in [0.25, 0.3) is 11.6 Å². The molecule has 88 valence electrons.